The molecule has 0 atom stereocenters. The second-order valence-corrected chi connectivity index (χ2v) is 5.23. The van der Waals surface area contributed by atoms with Crippen LogP contribution in [0.1, 0.15) is 30.9 Å². The molecule has 1 aliphatic carbocycles. The van der Waals surface area contributed by atoms with Crippen LogP contribution < -0.4 is 4.74 Å². The summed E-state index contributed by atoms with van der Waals surface area (Å²) in [6.45, 7) is 4.25. The molecule has 2 heteroatoms. The molecule has 1 fully saturated rings. The van der Waals surface area contributed by atoms with Gasteiger partial charge in [0, 0.05) is 6.42 Å². The van der Waals surface area contributed by atoms with Crippen LogP contribution in [0.15, 0.2) is 18.2 Å². The molecule has 0 radical (unpaired) electrons. The van der Waals surface area contributed by atoms with Crippen LogP contribution in [-0.4, -0.2) is 17.8 Å². The third-order valence-electron chi connectivity index (χ3n) is 3.41. The fourth-order valence-electron chi connectivity index (χ4n) is 2.78. The predicted molar refractivity (Wildman–Crippen MR) is 64.8 cm³/mol. The fraction of sp³-hybridized carbons (Fsp3) is 0.571. The van der Waals surface area contributed by atoms with E-state index >= 15 is 0 Å². The molecule has 2 rings (SSSR count). The van der Waals surface area contributed by atoms with Gasteiger partial charge < -0.3 is 9.84 Å². The van der Waals surface area contributed by atoms with Crippen molar-refractivity contribution in [3.8, 4) is 5.75 Å². The minimum Gasteiger partial charge on any atom is -0.496 e. The van der Waals surface area contributed by atoms with E-state index in [1.165, 1.54) is 5.56 Å². The van der Waals surface area contributed by atoms with E-state index in [1.807, 2.05) is 12.1 Å². The molecule has 2 nitrogen and oxygen atoms in total. The molecule has 1 aromatic rings. The van der Waals surface area contributed by atoms with E-state index < -0.39 is 5.60 Å². The Bertz CT molecular complexity index is 378. The summed E-state index contributed by atoms with van der Waals surface area (Å²) in [5.74, 6) is 1.54. The lowest BCUT2D eigenvalue weighted by Gasteiger charge is -2.42. The Morgan fingerprint density at radius 1 is 1.44 bits per heavy atom. The van der Waals surface area contributed by atoms with Gasteiger partial charge in [-0.05, 0) is 37.3 Å². The minimum absolute atomic E-state index is 0.500. The zero-order chi connectivity index (χ0) is 11.8. The van der Waals surface area contributed by atoms with E-state index in [-0.39, 0.29) is 0 Å². The van der Waals surface area contributed by atoms with Gasteiger partial charge in [0.2, 0.25) is 0 Å². The second-order valence-electron chi connectivity index (χ2n) is 5.23. The first-order valence-electron chi connectivity index (χ1n) is 5.88. The summed E-state index contributed by atoms with van der Waals surface area (Å²) in [6, 6.07) is 6.13. The summed E-state index contributed by atoms with van der Waals surface area (Å²) in [5.41, 5.74) is 1.84. The zero-order valence-corrected chi connectivity index (χ0v) is 10.3. The van der Waals surface area contributed by atoms with Gasteiger partial charge in [-0.3, -0.25) is 0 Å². The first kappa shape index (κ1) is 11.5. The van der Waals surface area contributed by atoms with Crippen molar-refractivity contribution in [3.05, 3.63) is 29.3 Å². The molecular formula is C14H20O2. The van der Waals surface area contributed by atoms with Gasteiger partial charge in [-0.15, -0.1) is 0 Å². The van der Waals surface area contributed by atoms with Crippen LogP contribution in [0, 0.1) is 12.8 Å². The summed E-state index contributed by atoms with van der Waals surface area (Å²) in [5, 5.41) is 10.3. The van der Waals surface area contributed by atoms with Gasteiger partial charge in [0.15, 0.2) is 0 Å². The lowest BCUT2D eigenvalue weighted by atomic mass is 9.69. The average Bonchev–Trinajstić information content (AvgIpc) is 2.15. The highest BCUT2D eigenvalue weighted by Crippen LogP contribution is 2.41. The van der Waals surface area contributed by atoms with Gasteiger partial charge in [0.05, 0.1) is 12.7 Å². The van der Waals surface area contributed by atoms with Crippen molar-refractivity contribution in [2.75, 3.05) is 7.11 Å². The molecule has 0 heterocycles. The van der Waals surface area contributed by atoms with Gasteiger partial charge >= 0.3 is 0 Å². The molecule has 0 spiro atoms. The number of methoxy groups -OCH3 is 1. The summed E-state index contributed by atoms with van der Waals surface area (Å²) in [4.78, 5) is 0. The van der Waals surface area contributed by atoms with Crippen molar-refractivity contribution in [1.29, 1.82) is 0 Å². The Labute approximate surface area is 97.3 Å². The topological polar surface area (TPSA) is 29.5 Å². The maximum atomic E-state index is 10.3. The van der Waals surface area contributed by atoms with Crippen LogP contribution in [0.4, 0.5) is 0 Å². The Morgan fingerprint density at radius 2 is 2.12 bits per heavy atom. The smallest absolute Gasteiger partial charge is 0.122 e. The molecule has 0 saturated heterocycles. The normalized spacial score (nSPS) is 28.6. The Morgan fingerprint density at radius 3 is 2.69 bits per heavy atom. The maximum absolute atomic E-state index is 10.3. The van der Waals surface area contributed by atoms with Gasteiger partial charge in [-0.25, -0.2) is 0 Å². The highest BCUT2D eigenvalue weighted by Gasteiger charge is 2.40. The largest absolute Gasteiger partial charge is 0.496 e. The van der Waals surface area contributed by atoms with E-state index in [9.17, 15) is 5.11 Å². The van der Waals surface area contributed by atoms with Crippen molar-refractivity contribution in [2.24, 2.45) is 5.92 Å². The van der Waals surface area contributed by atoms with E-state index in [0.717, 1.165) is 24.2 Å². The van der Waals surface area contributed by atoms with Crippen LogP contribution in [-0.2, 0) is 6.42 Å². The van der Waals surface area contributed by atoms with Crippen LogP contribution >= 0.6 is 0 Å². The number of aryl methyl sites for hydroxylation is 1. The summed E-state index contributed by atoms with van der Waals surface area (Å²) in [6.07, 6.45) is 2.52. The third-order valence-corrected chi connectivity index (χ3v) is 3.41. The van der Waals surface area contributed by atoms with Crippen LogP contribution in [0.2, 0.25) is 0 Å². The van der Waals surface area contributed by atoms with Crippen molar-refractivity contribution >= 4 is 0 Å². The molecule has 0 unspecified atom stereocenters. The maximum Gasteiger partial charge on any atom is 0.122 e. The fourth-order valence-corrected chi connectivity index (χ4v) is 2.78. The Balaban J connectivity index is 2.17. The minimum atomic E-state index is -0.500. The number of rotatable bonds is 3. The summed E-state index contributed by atoms with van der Waals surface area (Å²) < 4.78 is 5.33. The van der Waals surface area contributed by atoms with Gasteiger partial charge in [-0.2, -0.15) is 0 Å². The molecule has 16 heavy (non-hydrogen) atoms. The molecular weight excluding hydrogens is 200 g/mol. The SMILES string of the molecule is COc1ccc(C)cc1CC1(O)CC(C)C1. The van der Waals surface area contributed by atoms with Crippen molar-refractivity contribution in [3.63, 3.8) is 0 Å². The van der Waals surface area contributed by atoms with E-state index in [0.29, 0.717) is 12.3 Å². The van der Waals surface area contributed by atoms with E-state index in [1.54, 1.807) is 7.11 Å². The Hall–Kier alpha value is -1.02. The lowest BCUT2D eigenvalue weighted by molar-refractivity contribution is -0.0668. The van der Waals surface area contributed by atoms with Gasteiger partial charge in [0.1, 0.15) is 5.75 Å². The molecule has 0 amide bonds. The van der Waals surface area contributed by atoms with Crippen molar-refractivity contribution in [1.82, 2.24) is 0 Å². The standard InChI is InChI=1S/C14H20O2/c1-10-4-5-13(16-3)12(6-10)9-14(15)7-11(2)8-14/h4-6,11,15H,7-9H2,1-3H3. The van der Waals surface area contributed by atoms with Gasteiger partial charge in [0.25, 0.3) is 0 Å². The van der Waals surface area contributed by atoms with Crippen LogP contribution in [0.3, 0.4) is 0 Å². The molecule has 1 N–H and O–H groups in total. The van der Waals surface area contributed by atoms with Crippen molar-refractivity contribution in [2.45, 2.75) is 38.7 Å². The van der Waals surface area contributed by atoms with Crippen LogP contribution in [0.5, 0.6) is 5.75 Å². The van der Waals surface area contributed by atoms with Crippen molar-refractivity contribution < 1.29 is 9.84 Å². The number of aliphatic hydroxyl groups is 1. The average molecular weight is 220 g/mol. The van der Waals surface area contributed by atoms with Gasteiger partial charge in [-0.1, -0.05) is 24.6 Å². The third kappa shape index (κ3) is 2.22. The lowest BCUT2D eigenvalue weighted by Crippen LogP contribution is -2.44. The highest BCUT2D eigenvalue weighted by molar-refractivity contribution is 5.38. The molecule has 0 aliphatic heterocycles. The quantitative estimate of drug-likeness (QED) is 0.848. The summed E-state index contributed by atoms with van der Waals surface area (Å²) >= 11 is 0. The molecule has 88 valence electrons. The molecule has 0 aromatic heterocycles. The molecule has 1 aliphatic rings. The number of benzene rings is 1. The number of ether oxygens (including phenoxy) is 1. The summed E-state index contributed by atoms with van der Waals surface area (Å²) in [7, 11) is 1.68. The molecule has 1 saturated carbocycles. The first-order valence-corrected chi connectivity index (χ1v) is 5.88. The highest BCUT2D eigenvalue weighted by atomic mass is 16.5. The predicted octanol–water partition coefficient (Wildman–Crippen LogP) is 2.71. The number of hydrogen-bond donors (Lipinski definition) is 1. The van der Waals surface area contributed by atoms with Crippen LogP contribution in [0.25, 0.3) is 0 Å². The van der Waals surface area contributed by atoms with E-state index in [4.69, 9.17) is 4.74 Å². The van der Waals surface area contributed by atoms with E-state index in [2.05, 4.69) is 19.9 Å². The second kappa shape index (κ2) is 4.10. The molecule has 0 bridgehead atoms. The molecule has 1 aromatic carbocycles. The zero-order valence-electron chi connectivity index (χ0n) is 10.3. The first-order chi connectivity index (χ1) is 7.52. The number of hydrogen-bond acceptors (Lipinski definition) is 2. The Kier molecular flexibility index (Phi) is 2.94. The monoisotopic (exact) mass is 220 g/mol.